The van der Waals surface area contributed by atoms with E-state index in [0.29, 0.717) is 12.3 Å². The number of hydrogen-bond acceptors (Lipinski definition) is 4. The SMILES string of the molecule is COC(=O)c1cc(C(F)(F)F)c(O)cn1. The summed E-state index contributed by atoms with van der Waals surface area (Å²) in [6.45, 7) is 0. The topological polar surface area (TPSA) is 59.4 Å². The zero-order valence-corrected chi connectivity index (χ0v) is 7.50. The van der Waals surface area contributed by atoms with Gasteiger partial charge in [0.1, 0.15) is 17.0 Å². The van der Waals surface area contributed by atoms with E-state index in [2.05, 4.69) is 9.72 Å². The first-order valence-corrected chi connectivity index (χ1v) is 3.70. The summed E-state index contributed by atoms with van der Waals surface area (Å²) >= 11 is 0. The first kappa shape index (κ1) is 11.3. The predicted octanol–water partition coefficient (Wildman–Crippen LogP) is 1.59. The molecule has 0 aliphatic rings. The number of esters is 1. The maximum Gasteiger partial charge on any atom is 0.420 e. The van der Waals surface area contributed by atoms with Gasteiger partial charge >= 0.3 is 12.1 Å². The number of methoxy groups -OCH3 is 1. The number of nitrogens with zero attached hydrogens (tertiary/aromatic N) is 1. The Labute approximate surface area is 82.3 Å². The van der Waals surface area contributed by atoms with E-state index in [0.717, 1.165) is 7.11 Å². The number of carbonyl (C=O) groups is 1. The number of hydrogen-bond donors (Lipinski definition) is 1. The molecule has 4 nitrogen and oxygen atoms in total. The molecule has 0 amide bonds. The van der Waals surface area contributed by atoms with Crippen molar-refractivity contribution in [2.75, 3.05) is 7.11 Å². The minimum absolute atomic E-state index is 0.432. The fourth-order valence-corrected chi connectivity index (χ4v) is 0.891. The molecule has 0 fully saturated rings. The van der Waals surface area contributed by atoms with Crippen LogP contribution in [0.3, 0.4) is 0 Å². The van der Waals surface area contributed by atoms with Crippen LogP contribution in [-0.4, -0.2) is 23.2 Å². The highest BCUT2D eigenvalue weighted by molar-refractivity contribution is 5.87. The number of rotatable bonds is 1. The fraction of sp³-hybridized carbons (Fsp3) is 0.250. The molecule has 0 aromatic carbocycles. The number of pyridine rings is 1. The van der Waals surface area contributed by atoms with Crippen molar-refractivity contribution in [2.24, 2.45) is 0 Å². The van der Waals surface area contributed by atoms with E-state index in [1.54, 1.807) is 0 Å². The Hall–Kier alpha value is -1.79. The number of halogens is 3. The van der Waals surface area contributed by atoms with E-state index in [4.69, 9.17) is 5.11 Å². The van der Waals surface area contributed by atoms with Gasteiger partial charge in [0.05, 0.1) is 13.3 Å². The maximum absolute atomic E-state index is 12.3. The summed E-state index contributed by atoms with van der Waals surface area (Å²) in [6, 6.07) is 0.432. The summed E-state index contributed by atoms with van der Waals surface area (Å²) in [5.74, 6) is -2.03. The summed E-state index contributed by atoms with van der Waals surface area (Å²) in [5, 5.41) is 8.89. The largest absolute Gasteiger partial charge is 0.506 e. The number of ether oxygens (including phenoxy) is 1. The molecular weight excluding hydrogens is 215 g/mol. The predicted molar refractivity (Wildman–Crippen MR) is 42.2 cm³/mol. The molecule has 0 unspecified atom stereocenters. The Bertz CT molecular complexity index is 389. The Balaban J connectivity index is 3.23. The molecule has 1 heterocycles. The second-order valence-corrected chi connectivity index (χ2v) is 2.58. The number of alkyl halides is 3. The first-order chi connectivity index (χ1) is 6.86. The van der Waals surface area contributed by atoms with Gasteiger partial charge in [0.2, 0.25) is 0 Å². The molecule has 82 valence electrons. The van der Waals surface area contributed by atoms with E-state index >= 15 is 0 Å². The summed E-state index contributed by atoms with van der Waals surface area (Å²) in [4.78, 5) is 14.2. The van der Waals surface area contributed by atoms with E-state index in [-0.39, 0.29) is 0 Å². The lowest BCUT2D eigenvalue weighted by molar-refractivity contribution is -0.138. The summed E-state index contributed by atoms with van der Waals surface area (Å²) in [5.41, 5.74) is -1.83. The van der Waals surface area contributed by atoms with Gasteiger partial charge in [0.25, 0.3) is 0 Å². The summed E-state index contributed by atoms with van der Waals surface area (Å²) in [6.07, 6.45) is -4.19. The van der Waals surface area contributed by atoms with Crippen LogP contribution < -0.4 is 0 Å². The Kier molecular flexibility index (Phi) is 2.83. The Morgan fingerprint density at radius 3 is 2.60 bits per heavy atom. The first-order valence-electron chi connectivity index (χ1n) is 3.70. The van der Waals surface area contributed by atoms with Crippen LogP contribution in [0.2, 0.25) is 0 Å². The van der Waals surface area contributed by atoms with Crippen LogP contribution in [0.5, 0.6) is 5.75 Å². The average molecular weight is 221 g/mol. The molecule has 0 radical (unpaired) electrons. The van der Waals surface area contributed by atoms with Crippen LogP contribution in [0.25, 0.3) is 0 Å². The van der Waals surface area contributed by atoms with Crippen LogP contribution in [0.4, 0.5) is 13.2 Å². The highest BCUT2D eigenvalue weighted by atomic mass is 19.4. The number of aromatic nitrogens is 1. The van der Waals surface area contributed by atoms with Crippen LogP contribution >= 0.6 is 0 Å². The van der Waals surface area contributed by atoms with Gasteiger partial charge in [-0.25, -0.2) is 9.78 Å². The van der Waals surface area contributed by atoms with Gasteiger partial charge in [-0.05, 0) is 6.07 Å². The van der Waals surface area contributed by atoms with Gasteiger partial charge in [-0.2, -0.15) is 13.2 Å². The lowest BCUT2D eigenvalue weighted by atomic mass is 10.2. The molecule has 1 rings (SSSR count). The van der Waals surface area contributed by atoms with Gasteiger partial charge in [0.15, 0.2) is 0 Å². The molecular formula is C8H6F3NO3. The zero-order chi connectivity index (χ0) is 11.6. The Morgan fingerprint density at radius 2 is 2.13 bits per heavy atom. The van der Waals surface area contributed by atoms with Gasteiger partial charge < -0.3 is 9.84 Å². The van der Waals surface area contributed by atoms with Crippen molar-refractivity contribution < 1.29 is 27.8 Å². The lowest BCUT2D eigenvalue weighted by Crippen LogP contribution is -2.10. The summed E-state index contributed by atoms with van der Waals surface area (Å²) < 4.78 is 41.0. The van der Waals surface area contributed by atoms with Crippen molar-refractivity contribution in [3.63, 3.8) is 0 Å². The number of aromatic hydroxyl groups is 1. The number of carbonyl (C=O) groups excluding carboxylic acids is 1. The molecule has 0 bridgehead atoms. The standard InChI is InChI=1S/C8H6F3NO3/c1-15-7(14)5-2-4(8(9,10)11)6(13)3-12-5/h2-3,13H,1H3. The van der Waals surface area contributed by atoms with Crippen LogP contribution in [0, 0.1) is 0 Å². The molecule has 0 atom stereocenters. The second kappa shape index (κ2) is 3.76. The molecule has 0 aliphatic heterocycles. The quantitative estimate of drug-likeness (QED) is 0.731. The van der Waals surface area contributed by atoms with E-state index in [9.17, 15) is 18.0 Å². The maximum atomic E-state index is 12.3. The fourth-order valence-electron chi connectivity index (χ4n) is 0.891. The third kappa shape index (κ3) is 2.36. The third-order valence-corrected chi connectivity index (χ3v) is 1.58. The normalized spacial score (nSPS) is 11.2. The molecule has 1 N–H and O–H groups in total. The molecule has 0 spiro atoms. The van der Waals surface area contributed by atoms with E-state index in [1.807, 2.05) is 0 Å². The Morgan fingerprint density at radius 1 is 1.53 bits per heavy atom. The minimum atomic E-state index is -4.74. The molecule has 0 saturated heterocycles. The second-order valence-electron chi connectivity index (χ2n) is 2.58. The van der Waals surface area contributed by atoms with Crippen molar-refractivity contribution in [3.8, 4) is 5.75 Å². The third-order valence-electron chi connectivity index (χ3n) is 1.58. The molecule has 0 aliphatic carbocycles. The zero-order valence-electron chi connectivity index (χ0n) is 7.50. The van der Waals surface area contributed by atoms with Crippen molar-refractivity contribution >= 4 is 5.97 Å². The van der Waals surface area contributed by atoms with E-state index in [1.165, 1.54) is 0 Å². The van der Waals surface area contributed by atoms with Crippen LogP contribution in [-0.2, 0) is 10.9 Å². The monoisotopic (exact) mass is 221 g/mol. The van der Waals surface area contributed by atoms with E-state index < -0.39 is 29.2 Å². The van der Waals surface area contributed by atoms with Crippen LogP contribution in [0.15, 0.2) is 12.3 Å². The minimum Gasteiger partial charge on any atom is -0.506 e. The van der Waals surface area contributed by atoms with Gasteiger partial charge in [-0.15, -0.1) is 0 Å². The van der Waals surface area contributed by atoms with Crippen molar-refractivity contribution in [1.29, 1.82) is 0 Å². The van der Waals surface area contributed by atoms with Crippen molar-refractivity contribution in [3.05, 3.63) is 23.5 Å². The highest BCUT2D eigenvalue weighted by Crippen LogP contribution is 2.35. The average Bonchev–Trinajstić information content (AvgIpc) is 2.15. The molecule has 0 saturated carbocycles. The van der Waals surface area contributed by atoms with Gasteiger partial charge in [0, 0.05) is 0 Å². The van der Waals surface area contributed by atoms with Crippen molar-refractivity contribution in [1.82, 2.24) is 4.98 Å². The van der Waals surface area contributed by atoms with Gasteiger partial charge in [-0.3, -0.25) is 0 Å². The molecule has 15 heavy (non-hydrogen) atoms. The van der Waals surface area contributed by atoms with Crippen LogP contribution in [0.1, 0.15) is 16.1 Å². The molecule has 7 heteroatoms. The van der Waals surface area contributed by atoms with Gasteiger partial charge in [-0.1, -0.05) is 0 Å². The lowest BCUT2D eigenvalue weighted by Gasteiger charge is -2.09. The smallest absolute Gasteiger partial charge is 0.420 e. The molecule has 1 aromatic rings. The van der Waals surface area contributed by atoms with Crippen molar-refractivity contribution in [2.45, 2.75) is 6.18 Å². The summed E-state index contributed by atoms with van der Waals surface area (Å²) in [7, 11) is 1.02. The highest BCUT2D eigenvalue weighted by Gasteiger charge is 2.35. The molecule has 1 aromatic heterocycles.